The van der Waals surface area contributed by atoms with Crippen molar-refractivity contribution in [3.63, 3.8) is 0 Å². The second-order valence-corrected chi connectivity index (χ2v) is 5.22. The fraction of sp³-hybridized carbons (Fsp3) is 0.917. The monoisotopic (exact) mass is 226 g/mol. The largest absolute Gasteiger partial charge is 0.370 e. The van der Waals surface area contributed by atoms with Crippen LogP contribution < -0.4 is 11.5 Å². The molecule has 16 heavy (non-hydrogen) atoms. The van der Waals surface area contributed by atoms with E-state index in [0.29, 0.717) is 0 Å². The Hall–Kier alpha value is -0.770. The third-order valence-electron chi connectivity index (χ3n) is 3.12. The number of nitrogens with two attached hydrogens (primary N) is 2. The molecule has 1 aliphatic rings. The van der Waals surface area contributed by atoms with Crippen LogP contribution in [0.5, 0.6) is 0 Å². The lowest BCUT2D eigenvalue weighted by Gasteiger charge is -2.34. The van der Waals surface area contributed by atoms with Crippen molar-refractivity contribution >= 4 is 5.96 Å². The Morgan fingerprint density at radius 3 is 2.38 bits per heavy atom. The van der Waals surface area contributed by atoms with Gasteiger partial charge in [0.2, 0.25) is 0 Å². The van der Waals surface area contributed by atoms with Crippen LogP contribution in [0.2, 0.25) is 0 Å². The van der Waals surface area contributed by atoms with Crippen LogP contribution >= 0.6 is 0 Å². The van der Waals surface area contributed by atoms with Crippen molar-refractivity contribution in [1.82, 2.24) is 4.90 Å². The van der Waals surface area contributed by atoms with Crippen molar-refractivity contribution in [2.45, 2.75) is 33.1 Å². The van der Waals surface area contributed by atoms with Gasteiger partial charge in [-0.1, -0.05) is 13.8 Å². The highest BCUT2D eigenvalue weighted by molar-refractivity contribution is 5.75. The number of likely N-dealkylation sites (tertiary alicyclic amines) is 1. The summed E-state index contributed by atoms with van der Waals surface area (Å²) >= 11 is 0. The standard InChI is InChI=1S/C12H26N4/c1-10-7-11(2)9-16(8-10)6-4-3-5-15-12(13)14/h10-11H,3-9H2,1-2H3,(H4,13,14,15). The maximum absolute atomic E-state index is 5.27. The zero-order valence-electron chi connectivity index (χ0n) is 10.7. The van der Waals surface area contributed by atoms with Gasteiger partial charge in [0.05, 0.1) is 0 Å². The van der Waals surface area contributed by atoms with Crippen LogP contribution in [-0.4, -0.2) is 37.0 Å². The Balaban J connectivity index is 2.10. The zero-order valence-corrected chi connectivity index (χ0v) is 10.7. The van der Waals surface area contributed by atoms with Crippen molar-refractivity contribution < 1.29 is 0 Å². The Kier molecular flexibility index (Phi) is 5.60. The number of guanidine groups is 1. The fourth-order valence-corrected chi connectivity index (χ4v) is 2.63. The van der Waals surface area contributed by atoms with Gasteiger partial charge in [0.25, 0.3) is 0 Å². The second-order valence-electron chi connectivity index (χ2n) is 5.22. The Labute approximate surface area is 99.1 Å². The van der Waals surface area contributed by atoms with Gasteiger partial charge < -0.3 is 16.4 Å². The molecule has 0 spiro atoms. The van der Waals surface area contributed by atoms with Gasteiger partial charge in [0, 0.05) is 19.6 Å². The quantitative estimate of drug-likeness (QED) is 0.418. The highest BCUT2D eigenvalue weighted by Crippen LogP contribution is 2.20. The van der Waals surface area contributed by atoms with Crippen molar-refractivity contribution in [1.29, 1.82) is 0 Å². The van der Waals surface area contributed by atoms with Crippen molar-refractivity contribution in [2.24, 2.45) is 28.3 Å². The summed E-state index contributed by atoms with van der Waals surface area (Å²) in [4.78, 5) is 6.57. The van der Waals surface area contributed by atoms with E-state index in [4.69, 9.17) is 11.5 Å². The summed E-state index contributed by atoms with van der Waals surface area (Å²) in [7, 11) is 0. The van der Waals surface area contributed by atoms with Gasteiger partial charge in [-0.05, 0) is 37.6 Å². The van der Waals surface area contributed by atoms with Gasteiger partial charge in [-0.15, -0.1) is 0 Å². The van der Waals surface area contributed by atoms with Gasteiger partial charge in [-0.2, -0.15) is 0 Å². The molecule has 4 heteroatoms. The van der Waals surface area contributed by atoms with E-state index in [-0.39, 0.29) is 5.96 Å². The number of aliphatic imine (C=N–C) groups is 1. The molecule has 4 N–H and O–H groups in total. The summed E-state index contributed by atoms with van der Waals surface area (Å²) in [6, 6.07) is 0. The summed E-state index contributed by atoms with van der Waals surface area (Å²) in [5.41, 5.74) is 10.5. The van der Waals surface area contributed by atoms with Gasteiger partial charge in [0.15, 0.2) is 5.96 Å². The normalized spacial score (nSPS) is 26.6. The first-order valence-electron chi connectivity index (χ1n) is 6.35. The minimum Gasteiger partial charge on any atom is -0.370 e. The molecule has 0 amide bonds. The van der Waals surface area contributed by atoms with E-state index in [1.54, 1.807) is 0 Å². The Morgan fingerprint density at radius 2 is 1.81 bits per heavy atom. The summed E-state index contributed by atoms with van der Waals surface area (Å²) in [5, 5.41) is 0. The molecule has 1 heterocycles. The Morgan fingerprint density at radius 1 is 1.19 bits per heavy atom. The van der Waals surface area contributed by atoms with E-state index < -0.39 is 0 Å². The van der Waals surface area contributed by atoms with Crippen LogP contribution in [0.25, 0.3) is 0 Å². The van der Waals surface area contributed by atoms with E-state index in [9.17, 15) is 0 Å². The van der Waals surface area contributed by atoms with Crippen molar-refractivity contribution in [2.75, 3.05) is 26.2 Å². The van der Waals surface area contributed by atoms with E-state index in [1.165, 1.54) is 32.5 Å². The Bertz CT molecular complexity index is 213. The highest BCUT2D eigenvalue weighted by atomic mass is 15.1. The topological polar surface area (TPSA) is 67.6 Å². The molecule has 1 fully saturated rings. The van der Waals surface area contributed by atoms with Crippen LogP contribution in [0.15, 0.2) is 4.99 Å². The highest BCUT2D eigenvalue weighted by Gasteiger charge is 2.20. The molecular formula is C12H26N4. The lowest BCUT2D eigenvalue weighted by Crippen LogP contribution is -2.39. The molecule has 1 aliphatic heterocycles. The predicted octanol–water partition coefficient (Wildman–Crippen LogP) is 1.02. The van der Waals surface area contributed by atoms with Gasteiger partial charge in [-0.25, -0.2) is 0 Å². The molecule has 2 atom stereocenters. The molecule has 1 rings (SSSR count). The van der Waals surface area contributed by atoms with Crippen molar-refractivity contribution in [3.8, 4) is 0 Å². The number of hydrogen-bond donors (Lipinski definition) is 2. The second kappa shape index (κ2) is 6.74. The maximum Gasteiger partial charge on any atom is 0.185 e. The number of rotatable bonds is 5. The molecule has 1 saturated heterocycles. The number of unbranched alkanes of at least 4 members (excludes halogenated alkanes) is 1. The van der Waals surface area contributed by atoms with E-state index in [1.807, 2.05) is 0 Å². The summed E-state index contributed by atoms with van der Waals surface area (Å²) in [6.45, 7) is 9.17. The first kappa shape index (κ1) is 13.3. The van der Waals surface area contributed by atoms with Gasteiger partial charge in [0.1, 0.15) is 0 Å². The first-order chi connectivity index (χ1) is 7.58. The molecule has 0 radical (unpaired) electrons. The van der Waals surface area contributed by atoms with Crippen LogP contribution in [-0.2, 0) is 0 Å². The average Bonchev–Trinajstić information content (AvgIpc) is 2.15. The maximum atomic E-state index is 5.27. The van der Waals surface area contributed by atoms with Crippen LogP contribution in [0.4, 0.5) is 0 Å². The summed E-state index contributed by atoms with van der Waals surface area (Å²) < 4.78 is 0. The fourth-order valence-electron chi connectivity index (χ4n) is 2.63. The molecule has 0 bridgehead atoms. The van der Waals surface area contributed by atoms with E-state index in [2.05, 4.69) is 23.7 Å². The molecule has 2 unspecified atom stereocenters. The van der Waals surface area contributed by atoms with E-state index in [0.717, 1.165) is 24.8 Å². The molecule has 0 aromatic heterocycles. The minimum absolute atomic E-state index is 0.209. The molecule has 0 aromatic rings. The third-order valence-corrected chi connectivity index (χ3v) is 3.12. The molecule has 0 aliphatic carbocycles. The first-order valence-corrected chi connectivity index (χ1v) is 6.35. The minimum atomic E-state index is 0.209. The number of piperidine rings is 1. The number of nitrogens with zero attached hydrogens (tertiary/aromatic N) is 2. The lowest BCUT2D eigenvalue weighted by atomic mass is 9.92. The van der Waals surface area contributed by atoms with Crippen molar-refractivity contribution in [3.05, 3.63) is 0 Å². The molecule has 94 valence electrons. The zero-order chi connectivity index (χ0) is 12.0. The molecule has 4 nitrogen and oxygen atoms in total. The van der Waals surface area contributed by atoms with Crippen LogP contribution in [0, 0.1) is 11.8 Å². The molecular weight excluding hydrogens is 200 g/mol. The smallest absolute Gasteiger partial charge is 0.185 e. The van der Waals surface area contributed by atoms with Gasteiger partial charge in [-0.3, -0.25) is 4.99 Å². The van der Waals surface area contributed by atoms with E-state index >= 15 is 0 Å². The van der Waals surface area contributed by atoms with Crippen LogP contribution in [0.3, 0.4) is 0 Å². The van der Waals surface area contributed by atoms with Gasteiger partial charge >= 0.3 is 0 Å². The number of hydrogen-bond acceptors (Lipinski definition) is 2. The lowest BCUT2D eigenvalue weighted by molar-refractivity contribution is 0.139. The third kappa shape index (κ3) is 5.35. The molecule has 0 aromatic carbocycles. The van der Waals surface area contributed by atoms with Crippen LogP contribution in [0.1, 0.15) is 33.1 Å². The summed E-state index contributed by atoms with van der Waals surface area (Å²) in [6.07, 6.45) is 3.65. The summed E-state index contributed by atoms with van der Waals surface area (Å²) in [5.74, 6) is 1.91. The molecule has 0 saturated carbocycles. The SMILES string of the molecule is CC1CC(C)CN(CCCCN=C(N)N)C1. The average molecular weight is 226 g/mol. The predicted molar refractivity (Wildman–Crippen MR) is 69.3 cm³/mol.